The number of amides is 1. The highest BCUT2D eigenvalue weighted by Gasteiger charge is 2.25. The summed E-state index contributed by atoms with van der Waals surface area (Å²) in [6.07, 6.45) is 3.11. The third kappa shape index (κ3) is 3.82. The number of piperidine rings is 1. The van der Waals surface area contributed by atoms with E-state index in [1.165, 1.54) is 10.8 Å². The highest BCUT2D eigenvalue weighted by atomic mass is 79.9. The summed E-state index contributed by atoms with van der Waals surface area (Å²) in [5, 5.41) is 0. The number of nitrogens with one attached hydrogen (secondary N) is 1. The van der Waals surface area contributed by atoms with Crippen LogP contribution >= 0.6 is 15.9 Å². The first-order valence-corrected chi connectivity index (χ1v) is 7.70. The van der Waals surface area contributed by atoms with Gasteiger partial charge >= 0.3 is 5.69 Å². The Kier molecular flexibility index (Phi) is 5.00. The third-order valence-corrected chi connectivity index (χ3v) is 4.47. The van der Waals surface area contributed by atoms with Gasteiger partial charge in [0.1, 0.15) is 6.54 Å². The first kappa shape index (κ1) is 16.0. The van der Waals surface area contributed by atoms with Gasteiger partial charge in [0.25, 0.3) is 5.56 Å². The van der Waals surface area contributed by atoms with Crippen LogP contribution < -0.4 is 17.0 Å². The van der Waals surface area contributed by atoms with Gasteiger partial charge in [0.2, 0.25) is 5.91 Å². The van der Waals surface area contributed by atoms with E-state index in [0.717, 1.165) is 12.8 Å². The summed E-state index contributed by atoms with van der Waals surface area (Å²) in [7, 11) is 0. The van der Waals surface area contributed by atoms with E-state index in [1.807, 2.05) is 6.92 Å². The largest absolute Gasteiger partial charge is 0.341 e. The molecule has 1 aliphatic heterocycles. The Balaban J connectivity index is 2.01. The number of aromatic amines is 1. The van der Waals surface area contributed by atoms with Crippen molar-refractivity contribution < 1.29 is 4.79 Å². The number of nitrogens with zero attached hydrogens (tertiary/aromatic N) is 2. The number of H-pyrrole nitrogens is 1. The van der Waals surface area contributed by atoms with Crippen molar-refractivity contribution in [2.45, 2.75) is 32.4 Å². The molecule has 0 bridgehead atoms. The zero-order valence-corrected chi connectivity index (χ0v) is 13.4. The Morgan fingerprint density at radius 3 is 2.67 bits per heavy atom. The fraction of sp³-hybridized carbons (Fsp3) is 0.615. The Labute approximate surface area is 130 Å². The molecule has 1 aromatic rings. The molecule has 0 aromatic carbocycles. The van der Waals surface area contributed by atoms with E-state index in [-0.39, 0.29) is 23.0 Å². The third-order valence-electron chi connectivity index (χ3n) is 3.91. The van der Waals surface area contributed by atoms with E-state index in [9.17, 15) is 14.4 Å². The lowest BCUT2D eigenvalue weighted by molar-refractivity contribution is -0.133. The van der Waals surface area contributed by atoms with E-state index in [2.05, 4.69) is 20.9 Å². The monoisotopic (exact) mass is 358 g/mol. The molecule has 1 atom stereocenters. The molecule has 0 spiro atoms. The molecule has 2 rings (SSSR count). The van der Waals surface area contributed by atoms with Crippen molar-refractivity contribution in [2.75, 3.05) is 13.1 Å². The van der Waals surface area contributed by atoms with Crippen LogP contribution in [0.25, 0.3) is 0 Å². The zero-order chi connectivity index (χ0) is 15.6. The van der Waals surface area contributed by atoms with Crippen LogP contribution in [0.4, 0.5) is 0 Å². The van der Waals surface area contributed by atoms with E-state index < -0.39 is 11.2 Å². The van der Waals surface area contributed by atoms with Crippen LogP contribution in [0.3, 0.4) is 0 Å². The molecule has 1 unspecified atom stereocenters. The number of likely N-dealkylation sites (tertiary alicyclic amines) is 1. The van der Waals surface area contributed by atoms with Crippen LogP contribution in [-0.2, 0) is 11.3 Å². The Bertz CT molecular complexity index is 629. The second-order valence-corrected chi connectivity index (χ2v) is 6.30. The average molecular weight is 359 g/mol. The molecular formula is C13H19BrN4O3. The summed E-state index contributed by atoms with van der Waals surface area (Å²) in [6.45, 7) is 3.23. The summed E-state index contributed by atoms with van der Waals surface area (Å²) >= 11 is 3.05. The van der Waals surface area contributed by atoms with E-state index in [4.69, 9.17) is 5.73 Å². The van der Waals surface area contributed by atoms with Crippen molar-refractivity contribution >= 4 is 21.8 Å². The zero-order valence-electron chi connectivity index (χ0n) is 11.8. The van der Waals surface area contributed by atoms with Gasteiger partial charge in [-0.2, -0.15) is 0 Å². The van der Waals surface area contributed by atoms with Crippen molar-refractivity contribution in [3.8, 4) is 0 Å². The fourth-order valence-corrected chi connectivity index (χ4v) is 2.87. The Morgan fingerprint density at radius 2 is 2.10 bits per heavy atom. The smallest absolute Gasteiger partial charge is 0.328 e. The normalized spacial score (nSPS) is 17.8. The minimum atomic E-state index is -0.581. The number of aromatic nitrogens is 2. The van der Waals surface area contributed by atoms with Crippen molar-refractivity contribution in [2.24, 2.45) is 11.7 Å². The molecule has 7 nitrogen and oxygen atoms in total. The number of carbonyl (C=O) groups excluding carboxylic acids is 1. The second kappa shape index (κ2) is 6.57. The van der Waals surface area contributed by atoms with E-state index in [1.54, 1.807) is 4.90 Å². The van der Waals surface area contributed by atoms with Gasteiger partial charge in [0.15, 0.2) is 0 Å². The molecule has 2 heterocycles. The number of nitrogens with two attached hydrogens (primary N) is 1. The van der Waals surface area contributed by atoms with Crippen molar-refractivity contribution in [1.82, 2.24) is 14.5 Å². The predicted octanol–water partition coefficient (Wildman–Crippen LogP) is -0.115. The summed E-state index contributed by atoms with van der Waals surface area (Å²) in [4.78, 5) is 39.0. The lowest BCUT2D eigenvalue weighted by Crippen LogP contribution is -2.45. The van der Waals surface area contributed by atoms with Gasteiger partial charge in [0, 0.05) is 25.3 Å². The van der Waals surface area contributed by atoms with E-state index in [0.29, 0.717) is 19.0 Å². The van der Waals surface area contributed by atoms with Crippen molar-refractivity contribution in [3.05, 3.63) is 31.5 Å². The van der Waals surface area contributed by atoms with Crippen molar-refractivity contribution in [3.63, 3.8) is 0 Å². The van der Waals surface area contributed by atoms with Gasteiger partial charge in [-0.3, -0.25) is 19.1 Å². The van der Waals surface area contributed by atoms with Gasteiger partial charge < -0.3 is 10.6 Å². The maximum atomic E-state index is 12.2. The number of hydrogen-bond donors (Lipinski definition) is 2. The second-order valence-electron chi connectivity index (χ2n) is 5.44. The molecule has 0 aliphatic carbocycles. The topological polar surface area (TPSA) is 101 Å². The summed E-state index contributed by atoms with van der Waals surface area (Å²) in [5.74, 6) is 0.318. The number of rotatable bonds is 3. The molecule has 21 heavy (non-hydrogen) atoms. The van der Waals surface area contributed by atoms with Crippen LogP contribution in [0.5, 0.6) is 0 Å². The molecule has 0 radical (unpaired) electrons. The molecule has 8 heteroatoms. The summed E-state index contributed by atoms with van der Waals surface area (Å²) in [5.41, 5.74) is 4.79. The molecule has 1 amide bonds. The van der Waals surface area contributed by atoms with Gasteiger partial charge in [-0.05, 0) is 41.6 Å². The SMILES string of the molecule is CC(N)C1CCN(C(=O)Cn2cc(Br)c(=O)[nH]c2=O)CC1. The molecule has 1 fully saturated rings. The van der Waals surface area contributed by atoms with Gasteiger partial charge in [-0.25, -0.2) is 4.79 Å². The molecule has 1 aromatic heterocycles. The molecule has 116 valence electrons. The van der Waals surface area contributed by atoms with Crippen LogP contribution in [0, 0.1) is 5.92 Å². The molecular weight excluding hydrogens is 340 g/mol. The molecule has 1 saturated heterocycles. The lowest BCUT2D eigenvalue weighted by atomic mass is 9.91. The molecule has 3 N–H and O–H groups in total. The van der Waals surface area contributed by atoms with Gasteiger partial charge in [0.05, 0.1) is 4.47 Å². The number of halogens is 1. The highest BCUT2D eigenvalue weighted by molar-refractivity contribution is 9.10. The first-order valence-electron chi connectivity index (χ1n) is 6.91. The highest BCUT2D eigenvalue weighted by Crippen LogP contribution is 2.19. The van der Waals surface area contributed by atoms with E-state index >= 15 is 0 Å². The minimum absolute atomic E-state index is 0.0724. The maximum Gasteiger partial charge on any atom is 0.328 e. The van der Waals surface area contributed by atoms with Gasteiger partial charge in [-0.1, -0.05) is 0 Å². The summed E-state index contributed by atoms with van der Waals surface area (Å²) in [6, 6.07) is 0.139. The van der Waals surface area contributed by atoms with Crippen LogP contribution in [0.2, 0.25) is 0 Å². The fourth-order valence-electron chi connectivity index (χ4n) is 2.52. The standard InChI is InChI=1S/C13H19BrN4O3/c1-8(15)9-2-4-17(5-3-9)11(19)7-18-6-10(14)12(20)16-13(18)21/h6,8-9H,2-5,7,15H2,1H3,(H,16,20,21). The Morgan fingerprint density at radius 1 is 1.48 bits per heavy atom. The number of hydrogen-bond acceptors (Lipinski definition) is 4. The maximum absolute atomic E-state index is 12.2. The van der Waals surface area contributed by atoms with Crippen LogP contribution in [0.15, 0.2) is 20.3 Å². The average Bonchev–Trinajstić information content (AvgIpc) is 2.44. The minimum Gasteiger partial charge on any atom is -0.341 e. The predicted molar refractivity (Wildman–Crippen MR) is 82.0 cm³/mol. The first-order chi connectivity index (χ1) is 9.88. The molecule has 0 saturated carbocycles. The lowest BCUT2D eigenvalue weighted by Gasteiger charge is -2.33. The quantitative estimate of drug-likeness (QED) is 0.786. The summed E-state index contributed by atoms with van der Waals surface area (Å²) < 4.78 is 1.43. The Hall–Kier alpha value is -1.41. The van der Waals surface area contributed by atoms with Crippen molar-refractivity contribution in [1.29, 1.82) is 0 Å². The number of carbonyl (C=O) groups is 1. The van der Waals surface area contributed by atoms with Crippen LogP contribution in [0.1, 0.15) is 19.8 Å². The molecule has 1 aliphatic rings. The van der Waals surface area contributed by atoms with Gasteiger partial charge in [-0.15, -0.1) is 0 Å². The van der Waals surface area contributed by atoms with Crippen LogP contribution in [-0.4, -0.2) is 39.5 Å².